The zero-order valence-electron chi connectivity index (χ0n) is 8.09. The normalized spacial score (nSPS) is 10.2. The first kappa shape index (κ1) is 11.7. The third kappa shape index (κ3) is 3.40. The summed E-state index contributed by atoms with van der Waals surface area (Å²) in [5.41, 5.74) is 1.07. The molecule has 0 unspecified atom stereocenters. The quantitative estimate of drug-likeness (QED) is 0.600. The zero-order chi connectivity index (χ0) is 10.4. The molecule has 0 heterocycles. The fourth-order valence-corrected chi connectivity index (χ4v) is 1.54. The summed E-state index contributed by atoms with van der Waals surface area (Å²) in [7, 11) is 1.66. The van der Waals surface area contributed by atoms with Gasteiger partial charge in [0.1, 0.15) is 5.75 Å². The summed E-state index contributed by atoms with van der Waals surface area (Å²) in [5, 5.41) is 3.97. The van der Waals surface area contributed by atoms with Gasteiger partial charge >= 0.3 is 0 Å². The highest BCUT2D eigenvalue weighted by molar-refractivity contribution is 7.80. The van der Waals surface area contributed by atoms with E-state index in [1.54, 1.807) is 7.11 Å². The van der Waals surface area contributed by atoms with Crippen LogP contribution in [0, 0.1) is 0 Å². The molecule has 0 spiro atoms. The molecule has 1 aromatic carbocycles. The third-order valence-electron chi connectivity index (χ3n) is 1.85. The summed E-state index contributed by atoms with van der Waals surface area (Å²) < 4.78 is 5.21. The van der Waals surface area contributed by atoms with Crippen LogP contribution in [0.2, 0.25) is 5.02 Å². The van der Waals surface area contributed by atoms with Crippen molar-refractivity contribution in [1.29, 1.82) is 0 Å². The molecule has 0 amide bonds. The predicted molar refractivity (Wildman–Crippen MR) is 63.6 cm³/mol. The lowest BCUT2D eigenvalue weighted by molar-refractivity contribution is 0.408. The molecular weight excluding hydrogens is 218 g/mol. The molecule has 78 valence electrons. The minimum atomic E-state index is 0.730. The molecular formula is C10H14ClNOS. The molecule has 0 aliphatic carbocycles. The van der Waals surface area contributed by atoms with Crippen LogP contribution in [0.5, 0.6) is 5.75 Å². The standard InChI is InChI=1S/C10H14ClNOS/c1-13-10-3-2-9(11)6-8(10)7-12-4-5-14/h2-3,6,12,14H,4-5,7H2,1H3. The molecule has 0 fully saturated rings. The Morgan fingerprint density at radius 2 is 2.29 bits per heavy atom. The zero-order valence-corrected chi connectivity index (χ0v) is 9.74. The van der Waals surface area contributed by atoms with Crippen molar-refractivity contribution >= 4 is 24.2 Å². The number of hydrogen-bond donors (Lipinski definition) is 2. The molecule has 1 rings (SSSR count). The molecule has 0 aliphatic rings. The SMILES string of the molecule is COc1ccc(Cl)cc1CNCCS. The van der Waals surface area contributed by atoms with Crippen LogP contribution in [-0.2, 0) is 6.54 Å². The van der Waals surface area contributed by atoms with Crippen molar-refractivity contribution in [2.75, 3.05) is 19.4 Å². The number of thiol groups is 1. The molecule has 1 aromatic rings. The second-order valence-corrected chi connectivity index (χ2v) is 3.74. The molecule has 2 nitrogen and oxygen atoms in total. The number of hydrogen-bond acceptors (Lipinski definition) is 3. The second kappa shape index (κ2) is 6.17. The summed E-state index contributed by atoms with van der Waals surface area (Å²) >= 11 is 10.0. The predicted octanol–water partition coefficient (Wildman–Crippen LogP) is 2.37. The first-order valence-corrected chi connectivity index (χ1v) is 5.43. The minimum absolute atomic E-state index is 0.730. The van der Waals surface area contributed by atoms with Crippen LogP contribution in [0.4, 0.5) is 0 Å². The monoisotopic (exact) mass is 231 g/mol. The van der Waals surface area contributed by atoms with E-state index in [0.29, 0.717) is 0 Å². The van der Waals surface area contributed by atoms with Gasteiger partial charge in [-0.3, -0.25) is 0 Å². The Balaban J connectivity index is 2.67. The first-order valence-electron chi connectivity index (χ1n) is 4.42. The number of benzene rings is 1. The molecule has 14 heavy (non-hydrogen) atoms. The van der Waals surface area contributed by atoms with Crippen molar-refractivity contribution in [2.45, 2.75) is 6.54 Å². The van der Waals surface area contributed by atoms with E-state index < -0.39 is 0 Å². The van der Waals surface area contributed by atoms with Crippen LogP contribution in [0.3, 0.4) is 0 Å². The molecule has 1 N–H and O–H groups in total. The lowest BCUT2D eigenvalue weighted by Crippen LogP contribution is -2.16. The van der Waals surface area contributed by atoms with Crippen molar-refractivity contribution in [1.82, 2.24) is 5.32 Å². The highest BCUT2D eigenvalue weighted by Gasteiger charge is 2.02. The van der Waals surface area contributed by atoms with Gasteiger partial charge in [-0.05, 0) is 18.2 Å². The molecule has 0 atom stereocenters. The summed E-state index contributed by atoms with van der Waals surface area (Å²) in [4.78, 5) is 0. The molecule has 4 heteroatoms. The van der Waals surface area contributed by atoms with Crippen molar-refractivity contribution in [2.24, 2.45) is 0 Å². The van der Waals surface area contributed by atoms with Gasteiger partial charge in [0.2, 0.25) is 0 Å². The van der Waals surface area contributed by atoms with Crippen molar-refractivity contribution in [3.63, 3.8) is 0 Å². The molecule has 0 bridgehead atoms. The van der Waals surface area contributed by atoms with E-state index in [1.165, 1.54) is 0 Å². The number of methoxy groups -OCH3 is 1. The Morgan fingerprint density at radius 3 is 2.93 bits per heavy atom. The second-order valence-electron chi connectivity index (χ2n) is 2.86. The highest BCUT2D eigenvalue weighted by atomic mass is 35.5. The van der Waals surface area contributed by atoms with Gasteiger partial charge in [-0.25, -0.2) is 0 Å². The maximum Gasteiger partial charge on any atom is 0.123 e. The van der Waals surface area contributed by atoms with E-state index in [1.807, 2.05) is 18.2 Å². The van der Waals surface area contributed by atoms with Gasteiger partial charge in [0, 0.05) is 29.4 Å². The number of nitrogens with one attached hydrogen (secondary N) is 1. The Morgan fingerprint density at radius 1 is 1.50 bits per heavy atom. The van der Waals surface area contributed by atoms with Gasteiger partial charge in [0.15, 0.2) is 0 Å². The molecule has 0 aromatic heterocycles. The van der Waals surface area contributed by atoms with Crippen molar-refractivity contribution < 1.29 is 4.74 Å². The lowest BCUT2D eigenvalue weighted by atomic mass is 10.2. The van der Waals surface area contributed by atoms with Crippen LogP contribution in [0.25, 0.3) is 0 Å². The molecule has 0 saturated heterocycles. The van der Waals surface area contributed by atoms with Crippen LogP contribution in [-0.4, -0.2) is 19.4 Å². The van der Waals surface area contributed by atoms with E-state index in [-0.39, 0.29) is 0 Å². The van der Waals surface area contributed by atoms with Gasteiger partial charge in [-0.2, -0.15) is 12.6 Å². The van der Waals surface area contributed by atoms with E-state index >= 15 is 0 Å². The van der Waals surface area contributed by atoms with Gasteiger partial charge < -0.3 is 10.1 Å². The fourth-order valence-electron chi connectivity index (χ4n) is 1.19. The topological polar surface area (TPSA) is 21.3 Å². The van der Waals surface area contributed by atoms with Crippen LogP contribution < -0.4 is 10.1 Å². The summed E-state index contributed by atoms with van der Waals surface area (Å²) in [6.45, 7) is 1.63. The summed E-state index contributed by atoms with van der Waals surface area (Å²) in [6, 6.07) is 5.61. The maximum absolute atomic E-state index is 5.89. The Kier molecular flexibility index (Phi) is 5.15. The van der Waals surface area contributed by atoms with Crippen LogP contribution >= 0.6 is 24.2 Å². The smallest absolute Gasteiger partial charge is 0.123 e. The Bertz CT molecular complexity index is 293. The summed E-state index contributed by atoms with van der Waals surface area (Å²) in [5.74, 6) is 1.68. The van der Waals surface area contributed by atoms with Crippen molar-refractivity contribution in [3.8, 4) is 5.75 Å². The molecule has 0 aliphatic heterocycles. The average molecular weight is 232 g/mol. The number of ether oxygens (including phenoxy) is 1. The molecule has 0 saturated carbocycles. The highest BCUT2D eigenvalue weighted by Crippen LogP contribution is 2.22. The Labute approximate surface area is 95.0 Å². The minimum Gasteiger partial charge on any atom is -0.496 e. The van der Waals surface area contributed by atoms with E-state index in [2.05, 4.69) is 17.9 Å². The summed E-state index contributed by atoms with van der Waals surface area (Å²) in [6.07, 6.45) is 0. The van der Waals surface area contributed by atoms with E-state index in [4.69, 9.17) is 16.3 Å². The number of rotatable bonds is 5. The fraction of sp³-hybridized carbons (Fsp3) is 0.400. The van der Waals surface area contributed by atoms with E-state index in [0.717, 1.165) is 35.2 Å². The first-order chi connectivity index (χ1) is 6.77. The van der Waals surface area contributed by atoms with E-state index in [9.17, 15) is 0 Å². The average Bonchev–Trinajstić information content (AvgIpc) is 2.19. The lowest BCUT2D eigenvalue weighted by Gasteiger charge is -2.09. The molecule has 0 radical (unpaired) electrons. The van der Waals surface area contributed by atoms with Gasteiger partial charge in [0.25, 0.3) is 0 Å². The van der Waals surface area contributed by atoms with Gasteiger partial charge in [0.05, 0.1) is 7.11 Å². The van der Waals surface area contributed by atoms with Crippen LogP contribution in [0.1, 0.15) is 5.56 Å². The van der Waals surface area contributed by atoms with Gasteiger partial charge in [-0.1, -0.05) is 11.6 Å². The van der Waals surface area contributed by atoms with Crippen LogP contribution in [0.15, 0.2) is 18.2 Å². The van der Waals surface area contributed by atoms with Gasteiger partial charge in [-0.15, -0.1) is 0 Å². The van der Waals surface area contributed by atoms with Crippen molar-refractivity contribution in [3.05, 3.63) is 28.8 Å². The number of halogens is 1. The largest absolute Gasteiger partial charge is 0.496 e. The third-order valence-corrected chi connectivity index (χ3v) is 2.31. The maximum atomic E-state index is 5.89. The Hall–Kier alpha value is -0.380.